The molecule has 3 nitrogen and oxygen atoms in total. The summed E-state index contributed by atoms with van der Waals surface area (Å²) < 4.78 is 1.03. The fraction of sp³-hybridized carbons (Fsp3) is 0.545. The zero-order valence-electron chi connectivity index (χ0n) is 9.71. The monoisotopic (exact) mass is 271 g/mol. The Hall–Kier alpha value is -0.610. The van der Waals surface area contributed by atoms with Gasteiger partial charge in [-0.3, -0.25) is 0 Å². The molecule has 0 saturated carbocycles. The molecule has 0 atom stereocenters. The summed E-state index contributed by atoms with van der Waals surface area (Å²) in [5.41, 5.74) is 6.65. The first-order valence-electron chi connectivity index (χ1n) is 4.95. The summed E-state index contributed by atoms with van der Waals surface area (Å²) in [4.78, 5) is 6.61. The number of nitrogens with two attached hydrogens (primary N) is 1. The normalized spacial score (nSPS) is 11.6. The van der Waals surface area contributed by atoms with E-state index in [0.717, 1.165) is 16.0 Å². The van der Waals surface area contributed by atoms with Gasteiger partial charge in [-0.1, -0.05) is 0 Å². The maximum atomic E-state index is 5.73. The van der Waals surface area contributed by atoms with Crippen molar-refractivity contribution in [2.45, 2.75) is 26.3 Å². The Morgan fingerprint density at radius 3 is 2.53 bits per heavy atom. The van der Waals surface area contributed by atoms with Crippen LogP contribution in [0.5, 0.6) is 0 Å². The number of anilines is 1. The summed E-state index contributed by atoms with van der Waals surface area (Å²) in [6.07, 6.45) is 0. The second kappa shape index (κ2) is 4.49. The van der Waals surface area contributed by atoms with Crippen molar-refractivity contribution in [1.82, 2.24) is 4.98 Å². The molecule has 15 heavy (non-hydrogen) atoms. The molecule has 1 heterocycles. The van der Waals surface area contributed by atoms with Crippen molar-refractivity contribution in [3.8, 4) is 0 Å². The van der Waals surface area contributed by atoms with Crippen LogP contribution >= 0.6 is 15.9 Å². The van der Waals surface area contributed by atoms with Gasteiger partial charge in [-0.15, -0.1) is 0 Å². The van der Waals surface area contributed by atoms with Gasteiger partial charge < -0.3 is 10.6 Å². The van der Waals surface area contributed by atoms with Crippen molar-refractivity contribution in [3.63, 3.8) is 0 Å². The maximum absolute atomic E-state index is 5.73. The van der Waals surface area contributed by atoms with Gasteiger partial charge in [-0.2, -0.15) is 0 Å². The molecule has 0 saturated heterocycles. The predicted molar refractivity (Wildman–Crippen MR) is 68.2 cm³/mol. The highest BCUT2D eigenvalue weighted by atomic mass is 79.9. The van der Waals surface area contributed by atoms with Crippen molar-refractivity contribution < 1.29 is 0 Å². The second-order valence-electron chi connectivity index (χ2n) is 4.31. The zero-order chi connectivity index (χ0) is 11.6. The number of rotatable bonds is 3. The summed E-state index contributed by atoms with van der Waals surface area (Å²) in [7, 11) is 2.02. The number of aromatic nitrogens is 1. The molecule has 0 amide bonds. The van der Waals surface area contributed by atoms with Gasteiger partial charge in [0.2, 0.25) is 0 Å². The van der Waals surface area contributed by atoms with Crippen molar-refractivity contribution in [3.05, 3.63) is 22.3 Å². The van der Waals surface area contributed by atoms with Crippen LogP contribution in [-0.2, 0) is 0 Å². The lowest BCUT2D eigenvalue weighted by Crippen LogP contribution is -2.47. The third-order valence-corrected chi connectivity index (χ3v) is 3.60. The molecule has 2 N–H and O–H groups in total. The van der Waals surface area contributed by atoms with E-state index in [-0.39, 0.29) is 5.54 Å². The molecule has 0 aromatic carbocycles. The Bertz CT molecular complexity index is 350. The summed E-state index contributed by atoms with van der Waals surface area (Å²) in [6.45, 7) is 6.79. The minimum atomic E-state index is -0.0761. The van der Waals surface area contributed by atoms with E-state index < -0.39 is 0 Å². The van der Waals surface area contributed by atoms with Gasteiger partial charge in [0.15, 0.2) is 0 Å². The number of hydrogen-bond donors (Lipinski definition) is 1. The third-order valence-electron chi connectivity index (χ3n) is 2.76. The lowest BCUT2D eigenvalue weighted by atomic mass is 10.0. The van der Waals surface area contributed by atoms with E-state index in [2.05, 4.69) is 39.7 Å². The summed E-state index contributed by atoms with van der Waals surface area (Å²) in [5, 5.41) is 0. The lowest BCUT2D eigenvalue weighted by molar-refractivity contribution is 0.494. The van der Waals surface area contributed by atoms with Gasteiger partial charge in [0.25, 0.3) is 0 Å². The molecule has 1 rings (SSSR count). The van der Waals surface area contributed by atoms with Gasteiger partial charge >= 0.3 is 0 Å². The van der Waals surface area contributed by atoms with Gasteiger partial charge in [-0.25, -0.2) is 4.98 Å². The lowest BCUT2D eigenvalue weighted by Gasteiger charge is -2.35. The number of aryl methyl sites for hydroxylation is 1. The first-order valence-corrected chi connectivity index (χ1v) is 5.75. The molecule has 0 spiro atoms. The van der Waals surface area contributed by atoms with Crippen LogP contribution in [0.1, 0.15) is 19.5 Å². The molecule has 1 aromatic heterocycles. The quantitative estimate of drug-likeness (QED) is 0.918. The Kier molecular flexibility index (Phi) is 3.73. The van der Waals surface area contributed by atoms with Crippen molar-refractivity contribution in [1.29, 1.82) is 0 Å². The Morgan fingerprint density at radius 1 is 1.47 bits per heavy atom. The van der Waals surface area contributed by atoms with Crippen LogP contribution in [0.2, 0.25) is 0 Å². The average molecular weight is 272 g/mol. The van der Waals surface area contributed by atoms with Gasteiger partial charge in [0.05, 0.1) is 5.69 Å². The molecule has 0 fully saturated rings. The van der Waals surface area contributed by atoms with Crippen LogP contribution in [0, 0.1) is 6.92 Å². The Morgan fingerprint density at radius 2 is 2.07 bits per heavy atom. The topological polar surface area (TPSA) is 42.2 Å². The SMILES string of the molecule is Cc1nc(N(C)C(C)(C)CN)ccc1Br. The first kappa shape index (κ1) is 12.5. The fourth-order valence-electron chi connectivity index (χ4n) is 1.16. The van der Waals surface area contributed by atoms with Crippen LogP contribution in [0.3, 0.4) is 0 Å². The molecule has 84 valence electrons. The summed E-state index contributed by atoms with van der Waals surface area (Å²) in [5.74, 6) is 0.950. The number of halogens is 1. The minimum Gasteiger partial charge on any atom is -0.353 e. The summed E-state index contributed by atoms with van der Waals surface area (Å²) in [6, 6.07) is 4.01. The van der Waals surface area contributed by atoms with Crippen LogP contribution in [0.25, 0.3) is 0 Å². The molecule has 0 aliphatic heterocycles. The maximum Gasteiger partial charge on any atom is 0.129 e. The summed E-state index contributed by atoms with van der Waals surface area (Å²) >= 11 is 3.44. The van der Waals surface area contributed by atoms with Crippen LogP contribution < -0.4 is 10.6 Å². The van der Waals surface area contributed by atoms with E-state index in [9.17, 15) is 0 Å². The van der Waals surface area contributed by atoms with Crippen LogP contribution in [0.4, 0.5) is 5.82 Å². The highest BCUT2D eigenvalue weighted by Crippen LogP contribution is 2.22. The predicted octanol–water partition coefficient (Wildman–Crippen LogP) is 2.33. The molecule has 0 unspecified atom stereocenters. The van der Waals surface area contributed by atoms with E-state index in [1.807, 2.05) is 26.1 Å². The van der Waals surface area contributed by atoms with Gasteiger partial charge in [-0.05, 0) is 48.8 Å². The standard InChI is InChI=1S/C11H18BrN3/c1-8-9(12)5-6-10(14-8)15(4)11(2,3)7-13/h5-6H,7,13H2,1-4H3. The van der Waals surface area contributed by atoms with Gasteiger partial charge in [0, 0.05) is 23.6 Å². The number of pyridine rings is 1. The largest absolute Gasteiger partial charge is 0.353 e. The second-order valence-corrected chi connectivity index (χ2v) is 5.17. The molecule has 4 heteroatoms. The molecule has 0 bridgehead atoms. The molecule has 0 radical (unpaired) electrons. The highest BCUT2D eigenvalue weighted by molar-refractivity contribution is 9.10. The smallest absolute Gasteiger partial charge is 0.129 e. The van der Waals surface area contributed by atoms with Crippen molar-refractivity contribution in [2.24, 2.45) is 5.73 Å². The minimum absolute atomic E-state index is 0.0761. The van der Waals surface area contributed by atoms with Crippen LogP contribution in [0.15, 0.2) is 16.6 Å². The Balaban J connectivity index is 3.02. The number of hydrogen-bond acceptors (Lipinski definition) is 3. The molecule has 1 aromatic rings. The number of likely N-dealkylation sites (N-methyl/N-ethyl adjacent to an activating group) is 1. The Labute approximate surface area is 99.8 Å². The van der Waals surface area contributed by atoms with E-state index in [0.29, 0.717) is 6.54 Å². The van der Waals surface area contributed by atoms with E-state index >= 15 is 0 Å². The fourth-order valence-corrected chi connectivity index (χ4v) is 1.39. The van der Waals surface area contributed by atoms with Gasteiger partial charge in [0.1, 0.15) is 5.82 Å². The zero-order valence-corrected chi connectivity index (χ0v) is 11.3. The highest BCUT2D eigenvalue weighted by Gasteiger charge is 2.22. The van der Waals surface area contributed by atoms with E-state index in [4.69, 9.17) is 5.73 Å². The molecule has 0 aliphatic rings. The first-order chi connectivity index (χ1) is 6.88. The van der Waals surface area contributed by atoms with E-state index in [1.54, 1.807) is 0 Å². The molecule has 0 aliphatic carbocycles. The molecular weight excluding hydrogens is 254 g/mol. The average Bonchev–Trinajstić information content (AvgIpc) is 2.21. The third kappa shape index (κ3) is 2.69. The van der Waals surface area contributed by atoms with Crippen molar-refractivity contribution in [2.75, 3.05) is 18.5 Å². The number of nitrogens with zero attached hydrogens (tertiary/aromatic N) is 2. The van der Waals surface area contributed by atoms with Crippen LogP contribution in [-0.4, -0.2) is 24.1 Å². The molecular formula is C11H18BrN3. The van der Waals surface area contributed by atoms with E-state index in [1.165, 1.54) is 0 Å². The van der Waals surface area contributed by atoms with Crippen molar-refractivity contribution >= 4 is 21.7 Å².